The maximum absolute atomic E-state index is 12.8. The van der Waals surface area contributed by atoms with Gasteiger partial charge < -0.3 is 45.0 Å². The van der Waals surface area contributed by atoms with Crippen molar-refractivity contribution in [3.63, 3.8) is 0 Å². The number of allylic oxidation sites excluding steroid dienone is 9. The zero-order valence-corrected chi connectivity index (χ0v) is 37.0. The third-order valence-electron chi connectivity index (χ3n) is 9.94. The van der Waals surface area contributed by atoms with Crippen molar-refractivity contribution in [2.24, 2.45) is 0 Å². The summed E-state index contributed by atoms with van der Waals surface area (Å²) in [6, 6.07) is 0. The highest BCUT2D eigenvalue weighted by Crippen LogP contribution is 2.47. The highest BCUT2D eigenvalue weighted by molar-refractivity contribution is 7.47. The van der Waals surface area contributed by atoms with E-state index in [0.717, 1.165) is 70.6 Å². The molecule has 1 rings (SSSR count). The summed E-state index contributed by atoms with van der Waals surface area (Å²) in [5.41, 5.74) is 0. The summed E-state index contributed by atoms with van der Waals surface area (Å²) in [6.07, 6.45) is 24.6. The van der Waals surface area contributed by atoms with Crippen LogP contribution in [0.3, 0.4) is 0 Å². The van der Waals surface area contributed by atoms with Crippen LogP contribution in [0.15, 0.2) is 60.8 Å². The van der Waals surface area contributed by atoms with E-state index < -0.39 is 81.8 Å². The molecule has 9 atom stereocenters. The van der Waals surface area contributed by atoms with Gasteiger partial charge in [0.2, 0.25) is 0 Å². The quantitative estimate of drug-likeness (QED) is 0.0110. The van der Waals surface area contributed by atoms with Gasteiger partial charge in [-0.3, -0.25) is 18.6 Å². The van der Waals surface area contributed by atoms with Gasteiger partial charge in [-0.1, -0.05) is 132 Å². The summed E-state index contributed by atoms with van der Waals surface area (Å²) in [5, 5.41) is 60.0. The zero-order valence-electron chi connectivity index (χ0n) is 36.1. The number of ether oxygens (including phenoxy) is 2. The minimum Gasteiger partial charge on any atom is -0.462 e. The summed E-state index contributed by atoms with van der Waals surface area (Å²) in [7, 11) is -5.15. The molecule has 0 radical (unpaired) electrons. The van der Waals surface area contributed by atoms with Gasteiger partial charge in [0.15, 0.2) is 6.10 Å². The lowest BCUT2D eigenvalue weighted by Crippen LogP contribution is -2.64. The standard InChI is InChI=1S/C45H77O14P/c1-3-5-7-8-9-10-11-12-15-18-21-24-28-32-38(47)56-34-37(35-57-60(54,55)59-45-43(52)41(50)40(49)42(51)44(45)53)58-39(48)33-29-25-22-19-16-13-14-17-20-23-27-31-36(46)30-26-6-4-2/h10-11,13-14,19-20,22-23,27,31,36-37,40-46,49-53H,3-9,12,15-18,21,24-26,28-30,32-35H2,1-2H3,(H,54,55)/b11-10-,14-13-,22-19-,23-20-,31-27+/t36-,37+,40?,41-,42+,43+,44+,45?/m0/s1. The molecule has 15 heteroatoms. The number of phosphoric ester groups is 1. The molecule has 0 aliphatic heterocycles. The first-order chi connectivity index (χ1) is 28.8. The van der Waals surface area contributed by atoms with Crippen molar-refractivity contribution in [2.45, 2.75) is 198 Å². The van der Waals surface area contributed by atoms with E-state index in [9.17, 15) is 49.7 Å². The zero-order chi connectivity index (χ0) is 44.4. The summed E-state index contributed by atoms with van der Waals surface area (Å²) in [6.45, 7) is 3.08. The Morgan fingerprint density at radius 1 is 0.600 bits per heavy atom. The van der Waals surface area contributed by atoms with Gasteiger partial charge in [0, 0.05) is 12.8 Å². The number of carbonyl (C=O) groups excluding carboxylic acids is 2. The number of hydrogen-bond donors (Lipinski definition) is 7. The molecule has 0 heterocycles. The SMILES string of the molecule is CCCCCC/C=C\CCCCCCCC(=O)OC[C@H](COP(=O)(O)OC1[C@H](O)[C@H](O)C(O)[C@H](O)[C@H]1O)OC(=O)CCC/C=C\C/C=C\C/C=C\C=C\[C@@H](O)CCCCC. The molecule has 1 aliphatic carbocycles. The lowest BCUT2D eigenvalue weighted by molar-refractivity contribution is -0.220. The Morgan fingerprint density at radius 3 is 1.78 bits per heavy atom. The average molecular weight is 873 g/mol. The second kappa shape index (κ2) is 35.0. The van der Waals surface area contributed by atoms with Gasteiger partial charge in [0.25, 0.3) is 0 Å². The number of phosphoric acid groups is 1. The predicted octanol–water partition coefficient (Wildman–Crippen LogP) is 7.14. The van der Waals surface area contributed by atoms with Gasteiger partial charge in [-0.15, -0.1) is 0 Å². The Balaban J connectivity index is 2.56. The molecule has 1 aliphatic rings. The van der Waals surface area contributed by atoms with Crippen molar-refractivity contribution in [3.05, 3.63) is 60.8 Å². The molecule has 7 N–H and O–H groups in total. The van der Waals surface area contributed by atoms with Gasteiger partial charge in [0.05, 0.1) is 12.7 Å². The van der Waals surface area contributed by atoms with Crippen LogP contribution >= 0.6 is 7.82 Å². The topological polar surface area (TPSA) is 230 Å². The molecular weight excluding hydrogens is 795 g/mol. The molecule has 0 aromatic carbocycles. The third kappa shape index (κ3) is 27.5. The van der Waals surface area contributed by atoms with Crippen LogP contribution in [0.4, 0.5) is 0 Å². The van der Waals surface area contributed by atoms with Crippen LogP contribution in [0.25, 0.3) is 0 Å². The van der Waals surface area contributed by atoms with Crippen molar-refractivity contribution < 1.29 is 68.2 Å². The molecule has 3 unspecified atom stereocenters. The lowest BCUT2D eigenvalue weighted by atomic mass is 9.85. The van der Waals surface area contributed by atoms with Crippen molar-refractivity contribution in [1.29, 1.82) is 0 Å². The predicted molar refractivity (Wildman–Crippen MR) is 232 cm³/mol. The number of hydrogen-bond acceptors (Lipinski definition) is 13. The molecule has 0 aromatic rings. The molecule has 60 heavy (non-hydrogen) atoms. The first kappa shape index (κ1) is 55.5. The number of rotatable bonds is 35. The number of aliphatic hydroxyl groups is 6. The highest BCUT2D eigenvalue weighted by atomic mass is 31.2. The van der Waals surface area contributed by atoms with Gasteiger partial charge in [0.1, 0.15) is 43.2 Å². The summed E-state index contributed by atoms with van der Waals surface area (Å²) >= 11 is 0. The van der Waals surface area contributed by atoms with E-state index in [1.165, 1.54) is 25.7 Å². The molecular formula is C45H77O14P. The smallest absolute Gasteiger partial charge is 0.462 e. The average Bonchev–Trinajstić information content (AvgIpc) is 3.22. The van der Waals surface area contributed by atoms with E-state index in [0.29, 0.717) is 25.7 Å². The largest absolute Gasteiger partial charge is 0.472 e. The Labute approximate surface area is 358 Å². The van der Waals surface area contributed by atoms with Crippen LogP contribution in [-0.4, -0.2) is 110 Å². The Bertz CT molecular complexity index is 1300. The first-order valence-electron chi connectivity index (χ1n) is 22.2. The van der Waals surface area contributed by atoms with Crippen LogP contribution in [0.2, 0.25) is 0 Å². The van der Waals surface area contributed by atoms with Crippen molar-refractivity contribution >= 4 is 19.8 Å². The highest BCUT2D eigenvalue weighted by Gasteiger charge is 2.51. The van der Waals surface area contributed by atoms with Crippen LogP contribution in [0.5, 0.6) is 0 Å². The molecule has 0 bridgehead atoms. The molecule has 0 spiro atoms. The van der Waals surface area contributed by atoms with Crippen LogP contribution in [0, 0.1) is 0 Å². The summed E-state index contributed by atoms with van der Waals surface area (Å²) < 4.78 is 33.4. The van der Waals surface area contributed by atoms with Crippen LogP contribution < -0.4 is 0 Å². The van der Waals surface area contributed by atoms with E-state index in [4.69, 9.17) is 18.5 Å². The van der Waals surface area contributed by atoms with Gasteiger partial charge in [-0.25, -0.2) is 4.57 Å². The molecule has 1 saturated carbocycles. The first-order valence-corrected chi connectivity index (χ1v) is 23.7. The number of aliphatic hydroxyl groups excluding tert-OH is 6. The minimum absolute atomic E-state index is 0.00314. The van der Waals surface area contributed by atoms with Gasteiger partial charge >= 0.3 is 19.8 Å². The third-order valence-corrected chi connectivity index (χ3v) is 10.9. The van der Waals surface area contributed by atoms with Crippen molar-refractivity contribution in [1.82, 2.24) is 0 Å². The maximum Gasteiger partial charge on any atom is 0.472 e. The second-order valence-corrected chi connectivity index (χ2v) is 16.8. The number of esters is 2. The fourth-order valence-corrected chi connectivity index (χ4v) is 7.24. The summed E-state index contributed by atoms with van der Waals surface area (Å²) in [4.78, 5) is 35.6. The fraction of sp³-hybridized carbons (Fsp3) is 0.733. The monoisotopic (exact) mass is 873 g/mol. The van der Waals surface area contributed by atoms with E-state index >= 15 is 0 Å². The molecule has 346 valence electrons. The second-order valence-electron chi connectivity index (χ2n) is 15.4. The number of carbonyl (C=O) groups is 2. The maximum atomic E-state index is 12.8. The molecule has 0 amide bonds. The minimum atomic E-state index is -5.15. The Kier molecular flexibility index (Phi) is 32.4. The van der Waals surface area contributed by atoms with Gasteiger partial charge in [-0.05, 0) is 64.2 Å². The number of unbranched alkanes of at least 4 members (excludes halogenated alkanes) is 12. The van der Waals surface area contributed by atoms with E-state index in [1.54, 1.807) is 6.08 Å². The lowest BCUT2D eigenvalue weighted by Gasteiger charge is -2.41. The van der Waals surface area contributed by atoms with Crippen molar-refractivity contribution in [3.8, 4) is 0 Å². The molecule has 14 nitrogen and oxygen atoms in total. The normalized spacial score (nSPS) is 23.3. The van der Waals surface area contributed by atoms with Crippen LogP contribution in [-0.2, 0) is 32.7 Å². The molecule has 0 aromatic heterocycles. The summed E-state index contributed by atoms with van der Waals surface area (Å²) in [5.74, 6) is -1.21. The molecule has 1 fully saturated rings. The molecule has 0 saturated heterocycles. The van der Waals surface area contributed by atoms with Gasteiger partial charge in [-0.2, -0.15) is 0 Å². The van der Waals surface area contributed by atoms with Crippen molar-refractivity contribution in [2.75, 3.05) is 13.2 Å². The van der Waals surface area contributed by atoms with E-state index in [1.807, 2.05) is 42.5 Å². The van der Waals surface area contributed by atoms with Crippen LogP contribution in [0.1, 0.15) is 149 Å². The fourth-order valence-electron chi connectivity index (χ4n) is 6.27. The Hall–Kier alpha value is -2.49. The van der Waals surface area contributed by atoms with E-state index in [-0.39, 0.29) is 12.8 Å². The Morgan fingerprint density at radius 2 is 1.12 bits per heavy atom. The van der Waals surface area contributed by atoms with E-state index in [2.05, 4.69) is 26.0 Å².